The summed E-state index contributed by atoms with van der Waals surface area (Å²) in [4.78, 5) is 27.7. The van der Waals surface area contributed by atoms with E-state index in [0.717, 1.165) is 29.8 Å². The minimum Gasteiger partial charge on any atom is -0.465 e. The number of esters is 1. The quantitative estimate of drug-likeness (QED) is 0.651. The summed E-state index contributed by atoms with van der Waals surface area (Å²) in [5.74, 6) is -0.558. The third-order valence-electron chi connectivity index (χ3n) is 5.12. The van der Waals surface area contributed by atoms with Gasteiger partial charge in [0.15, 0.2) is 0 Å². The van der Waals surface area contributed by atoms with Gasteiger partial charge in [0.25, 0.3) is 5.91 Å². The summed E-state index contributed by atoms with van der Waals surface area (Å²) in [6.45, 7) is 2.10. The van der Waals surface area contributed by atoms with Crippen LogP contribution in [0.5, 0.6) is 0 Å². The molecule has 4 rings (SSSR count). The first kappa shape index (κ1) is 15.7. The Morgan fingerprint density at radius 3 is 2.80 bits per heavy atom. The van der Waals surface area contributed by atoms with Crippen molar-refractivity contribution in [3.05, 3.63) is 51.8 Å². The monoisotopic (exact) mass is 336 g/mol. The maximum atomic E-state index is 12.4. The lowest BCUT2D eigenvalue weighted by molar-refractivity contribution is -0.110. The summed E-state index contributed by atoms with van der Waals surface area (Å²) < 4.78 is 4.78. The van der Waals surface area contributed by atoms with Gasteiger partial charge in [-0.3, -0.25) is 4.79 Å². The van der Waals surface area contributed by atoms with Crippen LogP contribution >= 0.6 is 0 Å². The molecule has 1 amide bonds. The Balaban J connectivity index is 1.79. The number of aromatic nitrogens is 1. The van der Waals surface area contributed by atoms with Crippen molar-refractivity contribution in [2.24, 2.45) is 0 Å². The number of hydrogen-bond acceptors (Lipinski definition) is 3. The summed E-state index contributed by atoms with van der Waals surface area (Å²) in [6.07, 6.45) is 6.48. The predicted octanol–water partition coefficient (Wildman–Crippen LogP) is 3.48. The van der Waals surface area contributed by atoms with Gasteiger partial charge in [0.2, 0.25) is 0 Å². The number of hydrogen-bond donors (Lipinski definition) is 2. The Morgan fingerprint density at radius 1 is 1.24 bits per heavy atom. The molecule has 0 radical (unpaired) electrons. The van der Waals surface area contributed by atoms with Gasteiger partial charge in [0.1, 0.15) is 0 Å². The number of aromatic amines is 1. The molecule has 2 aliphatic rings. The molecule has 2 aromatic rings. The minimum absolute atomic E-state index is 0.149. The van der Waals surface area contributed by atoms with Gasteiger partial charge in [0.05, 0.1) is 18.2 Å². The SMILES string of the molecule is COC(=O)c1ccc2c(c1)C(=Cc1[nH]c3c(c1C)CCCC3)C(=O)N2. The van der Waals surface area contributed by atoms with E-state index in [1.807, 2.05) is 6.08 Å². The fraction of sp³-hybridized carbons (Fsp3) is 0.300. The number of anilines is 1. The predicted molar refractivity (Wildman–Crippen MR) is 96.5 cm³/mol. The number of amides is 1. The Morgan fingerprint density at radius 2 is 2.04 bits per heavy atom. The topological polar surface area (TPSA) is 71.2 Å². The number of methoxy groups -OCH3 is 1. The van der Waals surface area contributed by atoms with Crippen molar-refractivity contribution in [2.75, 3.05) is 12.4 Å². The van der Waals surface area contributed by atoms with Gasteiger partial charge < -0.3 is 15.0 Å². The van der Waals surface area contributed by atoms with Gasteiger partial charge in [-0.25, -0.2) is 4.79 Å². The van der Waals surface area contributed by atoms with E-state index in [9.17, 15) is 9.59 Å². The van der Waals surface area contributed by atoms with Crippen LogP contribution in [-0.4, -0.2) is 24.0 Å². The third kappa shape index (κ3) is 2.56. The average molecular weight is 336 g/mol. The van der Waals surface area contributed by atoms with Crippen LogP contribution in [0, 0.1) is 6.92 Å². The number of aryl methyl sites for hydroxylation is 1. The van der Waals surface area contributed by atoms with Gasteiger partial charge in [-0.1, -0.05) is 0 Å². The number of fused-ring (bicyclic) bond motifs is 2. The van der Waals surface area contributed by atoms with E-state index in [4.69, 9.17) is 4.74 Å². The zero-order chi connectivity index (χ0) is 17.6. The summed E-state index contributed by atoms with van der Waals surface area (Å²) in [5.41, 5.74) is 7.34. The largest absolute Gasteiger partial charge is 0.465 e. The molecule has 0 fully saturated rings. The number of carbonyl (C=O) groups excluding carboxylic acids is 2. The summed E-state index contributed by atoms with van der Waals surface area (Å²) in [5, 5.41) is 2.86. The second-order valence-corrected chi connectivity index (χ2v) is 6.59. The Hall–Kier alpha value is -2.82. The molecule has 0 saturated carbocycles. The number of benzene rings is 1. The number of carbonyl (C=O) groups is 2. The first-order valence-corrected chi connectivity index (χ1v) is 8.54. The molecule has 1 aliphatic carbocycles. The summed E-state index contributed by atoms with van der Waals surface area (Å²) >= 11 is 0. The van der Waals surface area contributed by atoms with Crippen molar-refractivity contribution < 1.29 is 14.3 Å². The molecular weight excluding hydrogens is 316 g/mol. The standard InChI is InChI=1S/C20H20N2O3/c1-11-13-5-3-4-6-16(13)21-18(11)10-15-14-9-12(20(24)25-2)7-8-17(14)22-19(15)23/h7-10,21H,3-6H2,1-2H3,(H,22,23). The van der Waals surface area contributed by atoms with E-state index >= 15 is 0 Å². The second-order valence-electron chi connectivity index (χ2n) is 6.59. The van der Waals surface area contributed by atoms with Crippen LogP contribution in [0.1, 0.15) is 51.3 Å². The Labute approximate surface area is 146 Å². The zero-order valence-corrected chi connectivity index (χ0v) is 14.4. The minimum atomic E-state index is -0.409. The van der Waals surface area contributed by atoms with Crippen LogP contribution in [0.2, 0.25) is 0 Å². The van der Waals surface area contributed by atoms with E-state index in [-0.39, 0.29) is 5.91 Å². The molecule has 1 aromatic carbocycles. The van der Waals surface area contributed by atoms with Crippen LogP contribution in [-0.2, 0) is 22.4 Å². The molecule has 0 saturated heterocycles. The van der Waals surface area contributed by atoms with E-state index < -0.39 is 5.97 Å². The number of ether oxygens (including phenoxy) is 1. The first-order valence-electron chi connectivity index (χ1n) is 8.54. The van der Waals surface area contributed by atoms with E-state index in [1.165, 1.54) is 36.8 Å². The summed E-state index contributed by atoms with van der Waals surface area (Å²) in [6, 6.07) is 5.11. The van der Waals surface area contributed by atoms with E-state index in [0.29, 0.717) is 11.1 Å². The van der Waals surface area contributed by atoms with E-state index in [2.05, 4.69) is 17.2 Å². The number of nitrogens with one attached hydrogen (secondary N) is 2. The lowest BCUT2D eigenvalue weighted by Crippen LogP contribution is -2.03. The fourth-order valence-electron chi connectivity index (χ4n) is 3.74. The van der Waals surface area contributed by atoms with Crippen LogP contribution in [0.4, 0.5) is 5.69 Å². The molecule has 0 unspecified atom stereocenters. The van der Waals surface area contributed by atoms with Gasteiger partial charge in [0, 0.05) is 22.6 Å². The fourth-order valence-corrected chi connectivity index (χ4v) is 3.74. The summed E-state index contributed by atoms with van der Waals surface area (Å²) in [7, 11) is 1.35. The van der Waals surface area contributed by atoms with Gasteiger partial charge in [-0.2, -0.15) is 0 Å². The highest BCUT2D eigenvalue weighted by atomic mass is 16.5. The van der Waals surface area contributed by atoms with Crippen LogP contribution in [0.3, 0.4) is 0 Å². The van der Waals surface area contributed by atoms with Crippen LogP contribution in [0.15, 0.2) is 18.2 Å². The third-order valence-corrected chi connectivity index (χ3v) is 5.12. The van der Waals surface area contributed by atoms with E-state index in [1.54, 1.807) is 18.2 Å². The molecule has 25 heavy (non-hydrogen) atoms. The maximum Gasteiger partial charge on any atom is 0.337 e. The van der Waals surface area contributed by atoms with Gasteiger partial charge in [-0.15, -0.1) is 0 Å². The first-order chi connectivity index (χ1) is 12.1. The maximum absolute atomic E-state index is 12.4. The molecule has 5 nitrogen and oxygen atoms in total. The van der Waals surface area contributed by atoms with Crippen molar-refractivity contribution in [2.45, 2.75) is 32.6 Å². The average Bonchev–Trinajstić information content (AvgIpc) is 3.11. The molecule has 5 heteroatoms. The molecule has 0 atom stereocenters. The van der Waals surface area contributed by atoms with Crippen LogP contribution < -0.4 is 5.32 Å². The highest BCUT2D eigenvalue weighted by Gasteiger charge is 2.26. The van der Waals surface area contributed by atoms with Gasteiger partial charge in [-0.05, 0) is 68.0 Å². The molecule has 2 N–H and O–H groups in total. The highest BCUT2D eigenvalue weighted by Crippen LogP contribution is 2.35. The Bertz CT molecular complexity index is 921. The highest BCUT2D eigenvalue weighted by molar-refractivity contribution is 6.35. The van der Waals surface area contributed by atoms with Crippen molar-refractivity contribution in [1.82, 2.24) is 4.98 Å². The van der Waals surface area contributed by atoms with Gasteiger partial charge >= 0.3 is 5.97 Å². The smallest absolute Gasteiger partial charge is 0.337 e. The lowest BCUT2D eigenvalue weighted by Gasteiger charge is -2.10. The zero-order valence-electron chi connectivity index (χ0n) is 14.4. The lowest BCUT2D eigenvalue weighted by atomic mass is 9.94. The van der Waals surface area contributed by atoms with Crippen LogP contribution in [0.25, 0.3) is 11.6 Å². The van der Waals surface area contributed by atoms with Crippen molar-refractivity contribution >= 4 is 29.2 Å². The van der Waals surface area contributed by atoms with Crippen molar-refractivity contribution in [3.63, 3.8) is 0 Å². The molecule has 0 bridgehead atoms. The van der Waals surface area contributed by atoms with Crippen molar-refractivity contribution in [3.8, 4) is 0 Å². The molecule has 128 valence electrons. The molecule has 2 heterocycles. The Kier molecular flexibility index (Phi) is 3.71. The normalized spacial score (nSPS) is 17.2. The van der Waals surface area contributed by atoms with Crippen molar-refractivity contribution in [1.29, 1.82) is 0 Å². The second kappa shape index (κ2) is 5.92. The molecule has 1 aliphatic heterocycles. The molecular formula is C20H20N2O3. The molecule has 1 aromatic heterocycles. The number of rotatable bonds is 2. The molecule has 0 spiro atoms. The number of H-pyrrole nitrogens is 1.